The Morgan fingerprint density at radius 3 is 2.17 bits per heavy atom. The molecule has 6 heteroatoms. The molecule has 1 amide bonds. The van der Waals surface area contributed by atoms with Crippen molar-refractivity contribution in [3.8, 4) is 0 Å². The molecular weight excluding hydrogens is 384 g/mol. The van der Waals surface area contributed by atoms with Gasteiger partial charge in [0.05, 0.1) is 16.5 Å². The molecular formula is C23H30N2O3S. The molecule has 1 aliphatic heterocycles. The summed E-state index contributed by atoms with van der Waals surface area (Å²) in [5.41, 5.74) is 9.31. The van der Waals surface area contributed by atoms with Gasteiger partial charge in [0.15, 0.2) is 0 Å². The van der Waals surface area contributed by atoms with Crippen molar-refractivity contribution >= 4 is 21.6 Å². The zero-order valence-electron chi connectivity index (χ0n) is 18.0. The summed E-state index contributed by atoms with van der Waals surface area (Å²) >= 11 is 0. The maximum Gasteiger partial charge on any atom is 0.265 e. The number of benzene rings is 2. The van der Waals surface area contributed by atoms with Crippen molar-refractivity contribution < 1.29 is 13.2 Å². The number of primary amides is 1. The second kappa shape index (κ2) is 7.17. The molecule has 29 heavy (non-hydrogen) atoms. The average Bonchev–Trinajstić information content (AvgIpc) is 2.58. The van der Waals surface area contributed by atoms with Crippen LogP contribution in [0.15, 0.2) is 41.3 Å². The van der Waals surface area contributed by atoms with E-state index in [-0.39, 0.29) is 11.5 Å². The van der Waals surface area contributed by atoms with Crippen molar-refractivity contribution in [2.75, 3.05) is 4.31 Å². The van der Waals surface area contributed by atoms with Gasteiger partial charge in [0.1, 0.15) is 0 Å². The summed E-state index contributed by atoms with van der Waals surface area (Å²) in [7, 11) is -3.82. The molecule has 1 aliphatic rings. The second-order valence-electron chi connectivity index (χ2n) is 9.09. The molecule has 0 fully saturated rings. The van der Waals surface area contributed by atoms with Crippen LogP contribution in [0.5, 0.6) is 0 Å². The van der Waals surface area contributed by atoms with Crippen LogP contribution in [0.4, 0.5) is 5.69 Å². The Morgan fingerprint density at radius 1 is 1.10 bits per heavy atom. The third-order valence-electron chi connectivity index (χ3n) is 5.71. The van der Waals surface area contributed by atoms with Crippen LogP contribution in [0.1, 0.15) is 62.3 Å². The topological polar surface area (TPSA) is 80.5 Å². The van der Waals surface area contributed by atoms with Crippen LogP contribution >= 0.6 is 0 Å². The number of hydrogen-bond acceptors (Lipinski definition) is 3. The smallest absolute Gasteiger partial charge is 0.265 e. The van der Waals surface area contributed by atoms with Gasteiger partial charge in [-0.15, -0.1) is 0 Å². The van der Waals surface area contributed by atoms with Gasteiger partial charge in [-0.05, 0) is 60.9 Å². The largest absolute Gasteiger partial charge is 0.369 e. The summed E-state index contributed by atoms with van der Waals surface area (Å²) in [5.74, 6) is -0.915. The van der Waals surface area contributed by atoms with Crippen molar-refractivity contribution in [1.82, 2.24) is 0 Å². The monoisotopic (exact) mass is 414 g/mol. The van der Waals surface area contributed by atoms with E-state index in [2.05, 4.69) is 20.8 Å². The molecule has 0 bridgehead atoms. The zero-order valence-corrected chi connectivity index (χ0v) is 18.8. The van der Waals surface area contributed by atoms with Gasteiger partial charge in [-0.25, -0.2) is 8.42 Å². The van der Waals surface area contributed by atoms with E-state index in [1.165, 1.54) is 4.31 Å². The highest BCUT2D eigenvalue weighted by Crippen LogP contribution is 2.42. The maximum atomic E-state index is 13.8. The highest BCUT2D eigenvalue weighted by Gasteiger charge is 2.40. The Bertz CT molecular complexity index is 1040. The van der Waals surface area contributed by atoms with Crippen LogP contribution in [0.3, 0.4) is 0 Å². The van der Waals surface area contributed by atoms with Crippen LogP contribution in [0.25, 0.3) is 0 Å². The van der Waals surface area contributed by atoms with Gasteiger partial charge in [0.25, 0.3) is 10.0 Å². The first-order valence-electron chi connectivity index (χ1n) is 9.90. The Kier molecular flexibility index (Phi) is 5.28. The number of sulfonamides is 1. The van der Waals surface area contributed by atoms with E-state index < -0.39 is 21.8 Å². The Balaban J connectivity index is 2.20. The minimum atomic E-state index is -3.82. The molecule has 3 rings (SSSR count). The van der Waals surface area contributed by atoms with Crippen molar-refractivity contribution in [1.29, 1.82) is 0 Å². The molecule has 1 heterocycles. The van der Waals surface area contributed by atoms with E-state index >= 15 is 0 Å². The van der Waals surface area contributed by atoms with E-state index in [1.807, 2.05) is 39.0 Å². The number of fused-ring (bicyclic) bond motifs is 1. The van der Waals surface area contributed by atoms with Crippen LogP contribution in [-0.4, -0.2) is 20.4 Å². The molecule has 0 unspecified atom stereocenters. The molecule has 2 aromatic rings. The maximum absolute atomic E-state index is 13.8. The predicted molar refractivity (Wildman–Crippen MR) is 117 cm³/mol. The number of rotatable bonds is 3. The van der Waals surface area contributed by atoms with E-state index in [0.717, 1.165) is 16.7 Å². The van der Waals surface area contributed by atoms with E-state index in [9.17, 15) is 13.2 Å². The Morgan fingerprint density at radius 2 is 1.66 bits per heavy atom. The Hall–Kier alpha value is -2.34. The first kappa shape index (κ1) is 21.4. The van der Waals surface area contributed by atoms with Crippen molar-refractivity contribution in [2.24, 2.45) is 5.73 Å². The number of amides is 1. The quantitative estimate of drug-likeness (QED) is 0.819. The molecule has 0 aromatic heterocycles. The van der Waals surface area contributed by atoms with Gasteiger partial charge in [-0.1, -0.05) is 51.1 Å². The molecule has 2 atom stereocenters. The fourth-order valence-corrected chi connectivity index (χ4v) is 6.42. The summed E-state index contributed by atoms with van der Waals surface area (Å²) in [6.45, 7) is 11.9. The molecule has 5 nitrogen and oxygen atoms in total. The Labute approximate surface area is 174 Å². The molecule has 0 spiro atoms. The minimum Gasteiger partial charge on any atom is -0.369 e. The summed E-state index contributed by atoms with van der Waals surface area (Å²) < 4.78 is 29.2. The summed E-state index contributed by atoms with van der Waals surface area (Å²) in [5, 5.41) is 0. The van der Waals surface area contributed by atoms with Crippen molar-refractivity contribution in [3.63, 3.8) is 0 Å². The SMILES string of the molecule is Cc1cc(C(C)(C)C)cc(C)c1S(=O)(=O)N1c2ccccc2[C@H](C(N)=O)C[C@H]1C. The standard InChI is InChI=1S/C23H30N2O3S/c1-14-11-17(23(4,5)6)12-15(2)21(14)29(27,28)25-16(3)13-19(22(24)26)18-9-7-8-10-20(18)25/h7-12,16,19H,13H2,1-6H3,(H2,24,26)/t16-,19-/m1/s1. The van der Waals surface area contributed by atoms with Gasteiger partial charge in [0, 0.05) is 6.04 Å². The summed E-state index contributed by atoms with van der Waals surface area (Å²) in [6.07, 6.45) is 0.365. The highest BCUT2D eigenvalue weighted by atomic mass is 32.2. The lowest BCUT2D eigenvalue weighted by Crippen LogP contribution is -2.45. The van der Waals surface area contributed by atoms with E-state index in [0.29, 0.717) is 22.6 Å². The predicted octanol–water partition coefficient (Wildman–Crippen LogP) is 4.16. The van der Waals surface area contributed by atoms with Crippen LogP contribution in [0, 0.1) is 13.8 Å². The number of anilines is 1. The third kappa shape index (κ3) is 3.66. The first-order chi connectivity index (χ1) is 13.4. The van der Waals surface area contributed by atoms with Crippen molar-refractivity contribution in [2.45, 2.75) is 70.2 Å². The number of aryl methyl sites for hydroxylation is 2. The second-order valence-corrected chi connectivity index (χ2v) is 10.8. The number of carbonyl (C=O) groups excluding carboxylic acids is 1. The van der Waals surface area contributed by atoms with Gasteiger partial charge < -0.3 is 5.73 Å². The summed E-state index contributed by atoms with van der Waals surface area (Å²) in [4.78, 5) is 12.3. The number of carbonyl (C=O) groups is 1. The number of nitrogens with zero attached hydrogens (tertiary/aromatic N) is 1. The zero-order chi connectivity index (χ0) is 21.7. The molecule has 156 valence electrons. The fraction of sp³-hybridized carbons (Fsp3) is 0.435. The first-order valence-corrected chi connectivity index (χ1v) is 11.3. The normalized spacial score (nSPS) is 19.7. The average molecular weight is 415 g/mol. The van der Waals surface area contributed by atoms with Crippen LogP contribution in [-0.2, 0) is 20.2 Å². The van der Waals surface area contributed by atoms with Crippen molar-refractivity contribution in [3.05, 3.63) is 58.7 Å². The minimum absolute atomic E-state index is 0.0719. The van der Waals surface area contributed by atoms with Gasteiger partial charge in [0.2, 0.25) is 5.91 Å². The lowest BCUT2D eigenvalue weighted by Gasteiger charge is -2.39. The lowest BCUT2D eigenvalue weighted by molar-refractivity contribution is -0.119. The van der Waals surface area contributed by atoms with Gasteiger partial charge in [-0.3, -0.25) is 9.10 Å². The molecule has 0 radical (unpaired) electrons. The van der Waals surface area contributed by atoms with Crippen LogP contribution in [0.2, 0.25) is 0 Å². The van der Waals surface area contributed by atoms with E-state index in [1.54, 1.807) is 18.2 Å². The van der Waals surface area contributed by atoms with Gasteiger partial charge >= 0.3 is 0 Å². The number of nitrogens with two attached hydrogens (primary N) is 1. The molecule has 0 saturated carbocycles. The number of hydrogen-bond donors (Lipinski definition) is 1. The van der Waals surface area contributed by atoms with Gasteiger partial charge in [-0.2, -0.15) is 0 Å². The molecule has 0 saturated heterocycles. The molecule has 2 N–H and O–H groups in total. The summed E-state index contributed by atoms with van der Waals surface area (Å²) in [6, 6.07) is 10.7. The molecule has 2 aromatic carbocycles. The lowest BCUT2D eigenvalue weighted by atomic mass is 9.85. The van der Waals surface area contributed by atoms with Crippen LogP contribution < -0.4 is 10.0 Å². The highest BCUT2D eigenvalue weighted by molar-refractivity contribution is 7.93. The molecule has 0 aliphatic carbocycles. The van der Waals surface area contributed by atoms with E-state index in [4.69, 9.17) is 5.73 Å². The number of para-hydroxylation sites is 1. The third-order valence-corrected chi connectivity index (χ3v) is 7.95. The fourth-order valence-electron chi connectivity index (χ4n) is 4.31.